The lowest BCUT2D eigenvalue weighted by Crippen LogP contribution is -2.17. The van der Waals surface area contributed by atoms with Crippen molar-refractivity contribution < 1.29 is 9.84 Å². The molecular formula is C10H15NO2. The second kappa shape index (κ2) is 3.26. The number of aliphatic hydroxyl groups is 1. The van der Waals surface area contributed by atoms with Crippen LogP contribution >= 0.6 is 0 Å². The third kappa shape index (κ3) is 1.92. The molecule has 0 heterocycles. The minimum atomic E-state index is -0.932. The molecule has 0 amide bonds. The van der Waals surface area contributed by atoms with Crippen molar-refractivity contribution in [3.05, 3.63) is 23.8 Å². The highest BCUT2D eigenvalue weighted by Crippen LogP contribution is 2.32. The van der Waals surface area contributed by atoms with Crippen LogP contribution in [-0.4, -0.2) is 12.2 Å². The molecule has 0 spiro atoms. The van der Waals surface area contributed by atoms with E-state index in [0.717, 1.165) is 0 Å². The Hall–Kier alpha value is -1.22. The van der Waals surface area contributed by atoms with E-state index in [1.54, 1.807) is 33.1 Å². The van der Waals surface area contributed by atoms with E-state index < -0.39 is 5.60 Å². The highest BCUT2D eigenvalue weighted by atomic mass is 16.5. The van der Waals surface area contributed by atoms with Crippen LogP contribution in [0.25, 0.3) is 0 Å². The summed E-state index contributed by atoms with van der Waals surface area (Å²) < 4.78 is 5.04. The Balaban J connectivity index is 3.24. The summed E-state index contributed by atoms with van der Waals surface area (Å²) in [6, 6.07) is 5.37. The minimum Gasteiger partial charge on any atom is -0.495 e. The Labute approximate surface area is 78.1 Å². The average molecular weight is 181 g/mol. The van der Waals surface area contributed by atoms with Crippen molar-refractivity contribution in [3.63, 3.8) is 0 Å². The van der Waals surface area contributed by atoms with Crippen molar-refractivity contribution in [2.75, 3.05) is 12.8 Å². The van der Waals surface area contributed by atoms with Crippen LogP contribution in [0.4, 0.5) is 5.69 Å². The molecule has 13 heavy (non-hydrogen) atoms. The topological polar surface area (TPSA) is 55.5 Å². The van der Waals surface area contributed by atoms with Crippen LogP contribution in [0.15, 0.2) is 18.2 Å². The quantitative estimate of drug-likeness (QED) is 0.680. The summed E-state index contributed by atoms with van der Waals surface area (Å²) in [5.74, 6) is 0.597. The second-order valence-corrected chi connectivity index (χ2v) is 3.48. The van der Waals surface area contributed by atoms with Crippen LogP contribution in [-0.2, 0) is 5.60 Å². The molecule has 3 N–H and O–H groups in total. The average Bonchev–Trinajstić information content (AvgIpc) is 2.02. The third-order valence-corrected chi connectivity index (χ3v) is 1.95. The number of nitrogen functional groups attached to an aromatic ring is 1. The molecule has 0 aliphatic heterocycles. The van der Waals surface area contributed by atoms with E-state index >= 15 is 0 Å². The molecule has 3 nitrogen and oxygen atoms in total. The first kappa shape index (κ1) is 9.86. The van der Waals surface area contributed by atoms with Crippen LogP contribution < -0.4 is 10.5 Å². The Morgan fingerprint density at radius 3 is 2.46 bits per heavy atom. The van der Waals surface area contributed by atoms with Gasteiger partial charge >= 0.3 is 0 Å². The summed E-state index contributed by atoms with van der Waals surface area (Å²) in [5.41, 5.74) is 6.05. The van der Waals surface area contributed by atoms with Gasteiger partial charge in [0, 0.05) is 5.56 Å². The summed E-state index contributed by atoms with van der Waals surface area (Å²) in [4.78, 5) is 0. The third-order valence-electron chi connectivity index (χ3n) is 1.95. The fraction of sp³-hybridized carbons (Fsp3) is 0.400. The molecule has 0 aliphatic carbocycles. The molecule has 0 unspecified atom stereocenters. The van der Waals surface area contributed by atoms with Crippen LogP contribution in [0.3, 0.4) is 0 Å². The van der Waals surface area contributed by atoms with Gasteiger partial charge in [-0.2, -0.15) is 0 Å². The van der Waals surface area contributed by atoms with Gasteiger partial charge in [0.2, 0.25) is 0 Å². The van der Waals surface area contributed by atoms with Crippen LogP contribution in [0, 0.1) is 0 Å². The number of hydrogen-bond donors (Lipinski definition) is 2. The van der Waals surface area contributed by atoms with Crippen molar-refractivity contribution in [1.29, 1.82) is 0 Å². The molecule has 0 aromatic heterocycles. The molecule has 0 saturated heterocycles. The van der Waals surface area contributed by atoms with Gasteiger partial charge in [0.15, 0.2) is 0 Å². The van der Waals surface area contributed by atoms with Gasteiger partial charge in [-0.05, 0) is 19.9 Å². The zero-order valence-electron chi connectivity index (χ0n) is 8.16. The number of benzene rings is 1. The highest BCUT2D eigenvalue weighted by molar-refractivity contribution is 5.60. The summed E-state index contributed by atoms with van der Waals surface area (Å²) in [7, 11) is 1.56. The van der Waals surface area contributed by atoms with Crippen molar-refractivity contribution in [2.45, 2.75) is 19.4 Å². The summed E-state index contributed by atoms with van der Waals surface area (Å²) in [5, 5.41) is 9.75. The number of ether oxygens (including phenoxy) is 1. The van der Waals surface area contributed by atoms with E-state index in [0.29, 0.717) is 17.0 Å². The maximum atomic E-state index is 9.75. The first-order valence-electron chi connectivity index (χ1n) is 4.12. The summed E-state index contributed by atoms with van der Waals surface area (Å²) >= 11 is 0. The number of rotatable bonds is 2. The maximum Gasteiger partial charge on any atom is 0.142 e. The largest absolute Gasteiger partial charge is 0.495 e. The fourth-order valence-electron chi connectivity index (χ4n) is 1.26. The lowest BCUT2D eigenvalue weighted by molar-refractivity contribution is 0.0792. The number of methoxy groups -OCH3 is 1. The predicted octanol–water partition coefficient (Wildman–Crippen LogP) is 1.50. The van der Waals surface area contributed by atoms with E-state index in [1.165, 1.54) is 0 Å². The number of para-hydroxylation sites is 1. The molecule has 0 aliphatic rings. The molecule has 72 valence electrons. The normalized spacial score (nSPS) is 11.4. The molecule has 3 heteroatoms. The molecule has 0 bridgehead atoms. The smallest absolute Gasteiger partial charge is 0.142 e. The zero-order chi connectivity index (χ0) is 10.1. The Morgan fingerprint density at radius 2 is 2.00 bits per heavy atom. The first-order chi connectivity index (χ1) is 5.96. The standard InChI is InChI=1S/C10H15NO2/c1-10(2,12)7-5-4-6-8(13-3)9(7)11/h4-6,12H,11H2,1-3H3. The van der Waals surface area contributed by atoms with E-state index in [4.69, 9.17) is 10.5 Å². The molecular weight excluding hydrogens is 166 g/mol. The Kier molecular flexibility index (Phi) is 2.48. The van der Waals surface area contributed by atoms with Crippen molar-refractivity contribution >= 4 is 5.69 Å². The van der Waals surface area contributed by atoms with Gasteiger partial charge in [-0.15, -0.1) is 0 Å². The second-order valence-electron chi connectivity index (χ2n) is 3.48. The molecule has 1 rings (SSSR count). The van der Waals surface area contributed by atoms with Gasteiger partial charge in [0.05, 0.1) is 18.4 Å². The van der Waals surface area contributed by atoms with E-state index in [1.807, 2.05) is 6.07 Å². The van der Waals surface area contributed by atoms with Gasteiger partial charge in [0.25, 0.3) is 0 Å². The van der Waals surface area contributed by atoms with Crippen LogP contribution in [0.1, 0.15) is 19.4 Å². The van der Waals surface area contributed by atoms with Gasteiger partial charge in [0.1, 0.15) is 5.75 Å². The van der Waals surface area contributed by atoms with Crippen LogP contribution in [0.5, 0.6) is 5.75 Å². The van der Waals surface area contributed by atoms with Crippen molar-refractivity contribution in [3.8, 4) is 5.75 Å². The molecule has 0 fully saturated rings. The number of nitrogens with two attached hydrogens (primary N) is 1. The highest BCUT2D eigenvalue weighted by Gasteiger charge is 2.20. The van der Waals surface area contributed by atoms with E-state index in [2.05, 4.69) is 0 Å². The van der Waals surface area contributed by atoms with E-state index in [9.17, 15) is 5.11 Å². The summed E-state index contributed by atoms with van der Waals surface area (Å²) in [6.45, 7) is 3.39. The first-order valence-corrected chi connectivity index (χ1v) is 4.12. The van der Waals surface area contributed by atoms with Crippen LogP contribution in [0.2, 0.25) is 0 Å². The van der Waals surface area contributed by atoms with Crippen molar-refractivity contribution in [2.24, 2.45) is 0 Å². The zero-order valence-corrected chi connectivity index (χ0v) is 8.16. The molecule has 1 aromatic rings. The number of anilines is 1. The predicted molar refractivity (Wildman–Crippen MR) is 52.7 cm³/mol. The van der Waals surface area contributed by atoms with Crippen molar-refractivity contribution in [1.82, 2.24) is 0 Å². The van der Waals surface area contributed by atoms with Gasteiger partial charge in [-0.25, -0.2) is 0 Å². The Morgan fingerprint density at radius 1 is 1.38 bits per heavy atom. The molecule has 0 radical (unpaired) electrons. The molecule has 1 aromatic carbocycles. The SMILES string of the molecule is COc1cccc(C(C)(C)O)c1N. The Bertz CT molecular complexity index is 302. The molecule has 0 atom stereocenters. The molecule has 0 saturated carbocycles. The maximum absolute atomic E-state index is 9.75. The lowest BCUT2D eigenvalue weighted by atomic mass is 9.96. The van der Waals surface area contributed by atoms with Gasteiger partial charge in [-0.1, -0.05) is 12.1 Å². The monoisotopic (exact) mass is 181 g/mol. The minimum absolute atomic E-state index is 0.498. The van der Waals surface area contributed by atoms with Gasteiger partial charge < -0.3 is 15.6 Å². The fourth-order valence-corrected chi connectivity index (χ4v) is 1.26. The summed E-state index contributed by atoms with van der Waals surface area (Å²) in [6.07, 6.45) is 0. The number of hydrogen-bond acceptors (Lipinski definition) is 3. The lowest BCUT2D eigenvalue weighted by Gasteiger charge is -2.20. The van der Waals surface area contributed by atoms with E-state index in [-0.39, 0.29) is 0 Å². The van der Waals surface area contributed by atoms with Gasteiger partial charge in [-0.3, -0.25) is 0 Å².